The molecule has 0 spiro atoms. The van der Waals surface area contributed by atoms with Gasteiger partial charge in [-0.3, -0.25) is 4.99 Å². The maximum atomic E-state index is 6.71. The van der Waals surface area contributed by atoms with Crippen LogP contribution in [0, 0.1) is 0 Å². The molecule has 0 aliphatic heterocycles. The number of hydrogen-bond donors (Lipinski definition) is 0. The van der Waals surface area contributed by atoms with Crippen LogP contribution < -0.4 is 0 Å². The third kappa shape index (κ3) is 4.57. The number of furan rings is 1. The third-order valence-corrected chi connectivity index (χ3v) is 9.48. The van der Waals surface area contributed by atoms with Gasteiger partial charge in [0.2, 0.25) is 0 Å². The Balaban J connectivity index is 1.21. The van der Waals surface area contributed by atoms with Gasteiger partial charge in [0.1, 0.15) is 11.2 Å². The van der Waals surface area contributed by atoms with E-state index in [0.717, 1.165) is 57.0 Å². The summed E-state index contributed by atoms with van der Waals surface area (Å²) in [4.78, 5) is 14.5. The highest BCUT2D eigenvalue weighted by Gasteiger charge is 2.24. The number of para-hydroxylation sites is 1. The molecule has 4 nitrogen and oxygen atoms in total. The molecule has 0 N–H and O–H groups in total. The van der Waals surface area contributed by atoms with Gasteiger partial charge in [-0.15, -0.1) is 0 Å². The molecule has 0 radical (unpaired) electrons. The van der Waals surface area contributed by atoms with E-state index in [2.05, 4.69) is 103 Å². The van der Waals surface area contributed by atoms with Gasteiger partial charge in [0.15, 0.2) is 11.7 Å². The molecule has 6 aromatic carbocycles. The van der Waals surface area contributed by atoms with Crippen molar-refractivity contribution < 1.29 is 4.42 Å². The van der Waals surface area contributed by atoms with Crippen LogP contribution in [0.4, 0.5) is 0 Å². The molecular weight excluding hydrogens is 587 g/mol. The maximum absolute atomic E-state index is 6.71. The van der Waals surface area contributed by atoms with Crippen molar-refractivity contribution in [2.75, 3.05) is 6.54 Å². The number of rotatable bonds is 5. The number of amidine groups is 2. The number of hydrogen-bond acceptors (Lipinski definition) is 2. The van der Waals surface area contributed by atoms with Gasteiger partial charge in [0.05, 0.1) is 6.54 Å². The Labute approximate surface area is 278 Å². The largest absolute Gasteiger partial charge is 0.455 e. The quantitative estimate of drug-likeness (QED) is 0.140. The normalized spacial score (nSPS) is 14.1. The highest BCUT2D eigenvalue weighted by Crippen LogP contribution is 2.50. The van der Waals surface area contributed by atoms with Crippen LogP contribution in [0.3, 0.4) is 0 Å². The first-order valence-electron chi connectivity index (χ1n) is 16.4. The predicted octanol–water partition coefficient (Wildman–Crippen LogP) is 11.2. The van der Waals surface area contributed by atoms with Gasteiger partial charge in [-0.25, -0.2) is 9.98 Å². The van der Waals surface area contributed by atoms with Crippen LogP contribution in [-0.4, -0.2) is 24.9 Å². The zero-order chi connectivity index (χ0) is 32.0. The number of fused-ring (bicyclic) bond motifs is 6. The monoisotopic (exact) mass is 617 g/mol. The molecular formula is C44H31N3O. The molecule has 7 aromatic rings. The van der Waals surface area contributed by atoms with Crippen LogP contribution >= 0.6 is 0 Å². The number of benzene rings is 6. The van der Waals surface area contributed by atoms with Crippen molar-refractivity contribution >= 4 is 51.1 Å². The van der Waals surface area contributed by atoms with Crippen molar-refractivity contribution in [3.8, 4) is 33.4 Å². The van der Waals surface area contributed by atoms with Crippen LogP contribution in [0.15, 0.2) is 165 Å². The molecule has 0 amide bonds. The first-order valence-corrected chi connectivity index (χ1v) is 16.4. The van der Waals surface area contributed by atoms with E-state index in [9.17, 15) is 0 Å². The minimum absolute atomic E-state index is 0.507. The molecule has 2 aliphatic carbocycles. The van der Waals surface area contributed by atoms with Crippen LogP contribution in [0.2, 0.25) is 0 Å². The minimum Gasteiger partial charge on any atom is -0.455 e. The van der Waals surface area contributed by atoms with Crippen LogP contribution in [0.1, 0.15) is 24.0 Å². The van der Waals surface area contributed by atoms with Gasteiger partial charge < -0.3 is 4.42 Å². The Hall–Kier alpha value is -6.13. The van der Waals surface area contributed by atoms with Crippen molar-refractivity contribution in [3.63, 3.8) is 0 Å². The van der Waals surface area contributed by atoms with E-state index in [1.807, 2.05) is 48.5 Å². The first kappa shape index (κ1) is 28.1. The average Bonchev–Trinajstić information content (AvgIpc) is 3.70. The van der Waals surface area contributed by atoms with E-state index in [4.69, 9.17) is 14.4 Å². The maximum Gasteiger partial charge on any atom is 0.161 e. The molecule has 48 heavy (non-hydrogen) atoms. The van der Waals surface area contributed by atoms with Gasteiger partial charge >= 0.3 is 0 Å². The summed E-state index contributed by atoms with van der Waals surface area (Å²) in [7, 11) is 0. The van der Waals surface area contributed by atoms with E-state index >= 15 is 0 Å². The van der Waals surface area contributed by atoms with Crippen molar-refractivity contribution in [2.45, 2.75) is 12.8 Å². The van der Waals surface area contributed by atoms with E-state index in [1.165, 1.54) is 38.6 Å². The fraction of sp³-hybridized carbons (Fsp3) is 0.0682. The Morgan fingerprint density at radius 3 is 2.10 bits per heavy atom. The molecule has 2 aliphatic rings. The van der Waals surface area contributed by atoms with E-state index in [-0.39, 0.29) is 0 Å². The lowest BCUT2D eigenvalue weighted by atomic mass is 9.93. The smallest absolute Gasteiger partial charge is 0.161 e. The summed E-state index contributed by atoms with van der Waals surface area (Å²) in [5.74, 6) is 1.13. The lowest BCUT2D eigenvalue weighted by Crippen LogP contribution is -2.06. The number of aliphatic imine (C=N–C) groups is 3. The van der Waals surface area contributed by atoms with Crippen LogP contribution in [0.5, 0.6) is 0 Å². The fourth-order valence-corrected chi connectivity index (χ4v) is 7.30. The fourth-order valence-electron chi connectivity index (χ4n) is 7.30. The standard InChI is InChI=1S/C44H31N3O/c1-45-44(47-43(29-15-6-3-7-16-29)46-27-28-13-4-2-5-14-28)38-23-12-24-39-41(38)37-22-11-21-36(42(37)48-39)32-25-26-35-31-18-9-8-17-30(31)33-19-10-20-34(32)40(33)35/h3-4,6-26H,1-2,5,27H2. The van der Waals surface area contributed by atoms with Crippen molar-refractivity contribution in [1.82, 2.24) is 0 Å². The summed E-state index contributed by atoms with van der Waals surface area (Å²) < 4.78 is 6.71. The Kier molecular flexibility index (Phi) is 6.79. The average molecular weight is 618 g/mol. The lowest BCUT2D eigenvalue weighted by Gasteiger charge is -2.10. The molecule has 1 aromatic heterocycles. The van der Waals surface area contributed by atoms with E-state index < -0.39 is 0 Å². The van der Waals surface area contributed by atoms with Gasteiger partial charge in [0, 0.05) is 27.5 Å². The van der Waals surface area contributed by atoms with Crippen LogP contribution in [0.25, 0.3) is 66.1 Å². The van der Waals surface area contributed by atoms with Crippen molar-refractivity contribution in [1.29, 1.82) is 0 Å². The zero-order valence-corrected chi connectivity index (χ0v) is 26.4. The molecule has 0 bridgehead atoms. The summed E-state index contributed by atoms with van der Waals surface area (Å²) in [6.07, 6.45) is 8.72. The predicted molar refractivity (Wildman–Crippen MR) is 201 cm³/mol. The number of allylic oxidation sites excluding steroid dienone is 2. The Morgan fingerprint density at radius 2 is 1.31 bits per heavy atom. The van der Waals surface area contributed by atoms with Gasteiger partial charge in [-0.05, 0) is 69.8 Å². The van der Waals surface area contributed by atoms with Gasteiger partial charge in [-0.2, -0.15) is 0 Å². The molecule has 9 rings (SSSR count). The highest BCUT2D eigenvalue weighted by molar-refractivity contribution is 6.24. The summed E-state index contributed by atoms with van der Waals surface area (Å²) >= 11 is 0. The summed E-state index contributed by atoms with van der Waals surface area (Å²) in [5, 5.41) is 4.49. The van der Waals surface area contributed by atoms with Gasteiger partial charge in [0.25, 0.3) is 0 Å². The SMILES string of the molecule is C=NC(=NC(=NCC1=CCCC=C1)c1ccccc1)c1cccc2oc3c(-c4ccc5c6c(cccc46)-c4ccccc4-5)cccc3c12. The summed E-state index contributed by atoms with van der Waals surface area (Å²) in [6, 6.07) is 42.3. The Morgan fingerprint density at radius 1 is 0.604 bits per heavy atom. The number of nitrogens with zero attached hydrogens (tertiary/aromatic N) is 3. The molecule has 4 heteroatoms. The topological polar surface area (TPSA) is 50.2 Å². The van der Waals surface area contributed by atoms with Gasteiger partial charge in [-0.1, -0.05) is 133 Å². The molecule has 0 saturated carbocycles. The molecule has 0 atom stereocenters. The molecule has 228 valence electrons. The van der Waals surface area contributed by atoms with Crippen molar-refractivity contribution in [3.05, 3.63) is 156 Å². The molecule has 0 saturated heterocycles. The second-order valence-corrected chi connectivity index (χ2v) is 12.3. The third-order valence-electron chi connectivity index (χ3n) is 9.48. The molecule has 1 heterocycles. The summed E-state index contributed by atoms with van der Waals surface area (Å²) in [6.45, 7) is 4.51. The summed E-state index contributed by atoms with van der Waals surface area (Å²) in [5.41, 5.74) is 11.9. The molecule has 0 unspecified atom stereocenters. The second-order valence-electron chi connectivity index (χ2n) is 12.3. The van der Waals surface area contributed by atoms with Crippen LogP contribution in [-0.2, 0) is 0 Å². The zero-order valence-electron chi connectivity index (χ0n) is 26.4. The minimum atomic E-state index is 0.507. The first-order chi connectivity index (χ1) is 23.8. The lowest BCUT2D eigenvalue weighted by molar-refractivity contribution is 0.670. The Bertz CT molecular complexity index is 2520. The second kappa shape index (κ2) is 11.6. The van der Waals surface area contributed by atoms with E-state index in [0.29, 0.717) is 18.2 Å². The highest BCUT2D eigenvalue weighted by atomic mass is 16.3. The van der Waals surface area contributed by atoms with E-state index in [1.54, 1.807) is 0 Å². The molecule has 0 fully saturated rings. The van der Waals surface area contributed by atoms with Crippen molar-refractivity contribution in [2.24, 2.45) is 15.0 Å².